The highest BCUT2D eigenvalue weighted by Gasteiger charge is 2.31. The van der Waals surface area contributed by atoms with Crippen molar-refractivity contribution in [3.8, 4) is 0 Å². The van der Waals surface area contributed by atoms with Crippen molar-refractivity contribution in [2.24, 2.45) is 0 Å². The van der Waals surface area contributed by atoms with Crippen LogP contribution in [0, 0.1) is 0 Å². The van der Waals surface area contributed by atoms with Crippen molar-refractivity contribution in [3.63, 3.8) is 0 Å². The van der Waals surface area contributed by atoms with Gasteiger partial charge in [-0.15, -0.1) is 0 Å². The standard InChI is InChI=1S/C20H21Cl4N3O4S/c1-12(20(29)25-2)26(10-13-6-4-5-7-14(13)21)19(28)11-27(32(3,30)31)18-9-16(23)15(22)8-17(18)24/h4-9,12H,10-11H2,1-3H3,(H,25,29)/t12-/m1/s1. The third-order valence-corrected chi connectivity index (χ3v) is 7.17. The molecule has 2 amide bonds. The van der Waals surface area contributed by atoms with Gasteiger partial charge in [0.2, 0.25) is 21.8 Å². The van der Waals surface area contributed by atoms with Crippen LogP contribution in [0.15, 0.2) is 36.4 Å². The molecule has 2 aromatic rings. The Morgan fingerprint density at radius 2 is 1.59 bits per heavy atom. The first-order valence-electron chi connectivity index (χ1n) is 9.23. The zero-order valence-electron chi connectivity index (χ0n) is 17.4. The number of anilines is 1. The maximum atomic E-state index is 13.3. The molecular weight excluding hydrogens is 520 g/mol. The van der Waals surface area contributed by atoms with Crippen LogP contribution < -0.4 is 9.62 Å². The number of hydrogen-bond acceptors (Lipinski definition) is 4. The summed E-state index contributed by atoms with van der Waals surface area (Å²) >= 11 is 24.4. The number of carbonyl (C=O) groups is 2. The second-order valence-electron chi connectivity index (χ2n) is 6.89. The fourth-order valence-electron chi connectivity index (χ4n) is 2.90. The van der Waals surface area contributed by atoms with E-state index in [-0.39, 0.29) is 27.3 Å². The minimum atomic E-state index is -3.96. The van der Waals surface area contributed by atoms with Crippen LogP contribution in [0.1, 0.15) is 12.5 Å². The molecule has 0 fully saturated rings. The van der Waals surface area contributed by atoms with Gasteiger partial charge in [0.1, 0.15) is 12.6 Å². The molecular formula is C20H21Cl4N3O4S. The van der Waals surface area contributed by atoms with E-state index in [0.717, 1.165) is 10.6 Å². The molecule has 2 rings (SSSR count). The molecule has 7 nitrogen and oxygen atoms in total. The lowest BCUT2D eigenvalue weighted by Gasteiger charge is -2.31. The molecule has 0 aliphatic heterocycles. The molecule has 12 heteroatoms. The van der Waals surface area contributed by atoms with E-state index in [1.807, 2.05) is 0 Å². The van der Waals surface area contributed by atoms with Gasteiger partial charge in [0.05, 0.1) is 27.0 Å². The van der Waals surface area contributed by atoms with Gasteiger partial charge in [0.25, 0.3) is 0 Å². The van der Waals surface area contributed by atoms with Crippen molar-refractivity contribution in [2.75, 3.05) is 24.2 Å². The monoisotopic (exact) mass is 539 g/mol. The van der Waals surface area contributed by atoms with E-state index in [4.69, 9.17) is 46.4 Å². The summed E-state index contributed by atoms with van der Waals surface area (Å²) in [5.41, 5.74) is 0.582. The quantitative estimate of drug-likeness (QED) is 0.507. The topological polar surface area (TPSA) is 86.8 Å². The maximum Gasteiger partial charge on any atom is 0.244 e. The van der Waals surface area contributed by atoms with E-state index in [1.54, 1.807) is 24.3 Å². The van der Waals surface area contributed by atoms with E-state index in [9.17, 15) is 18.0 Å². The first-order valence-corrected chi connectivity index (χ1v) is 12.6. The Bertz CT molecular complexity index is 1130. The average molecular weight is 541 g/mol. The van der Waals surface area contributed by atoms with Crippen molar-refractivity contribution < 1.29 is 18.0 Å². The molecule has 0 aromatic heterocycles. The van der Waals surface area contributed by atoms with Crippen molar-refractivity contribution >= 4 is 73.9 Å². The Morgan fingerprint density at radius 3 is 2.16 bits per heavy atom. The number of carbonyl (C=O) groups excluding carboxylic acids is 2. The first kappa shape index (κ1) is 26.5. The van der Waals surface area contributed by atoms with Gasteiger partial charge in [-0.05, 0) is 30.7 Å². The molecule has 174 valence electrons. The summed E-state index contributed by atoms with van der Waals surface area (Å²) in [6, 6.07) is 8.49. The Kier molecular flexibility index (Phi) is 9.07. The fraction of sp³-hybridized carbons (Fsp3) is 0.300. The van der Waals surface area contributed by atoms with Crippen LogP contribution in [0.3, 0.4) is 0 Å². The molecule has 1 N–H and O–H groups in total. The lowest BCUT2D eigenvalue weighted by atomic mass is 10.1. The van der Waals surface area contributed by atoms with Crippen LogP contribution in [-0.4, -0.2) is 51.0 Å². The molecule has 0 spiro atoms. The van der Waals surface area contributed by atoms with Gasteiger partial charge in [-0.3, -0.25) is 13.9 Å². The van der Waals surface area contributed by atoms with Gasteiger partial charge in [0.15, 0.2) is 0 Å². The summed E-state index contributed by atoms with van der Waals surface area (Å²) in [4.78, 5) is 26.8. The molecule has 32 heavy (non-hydrogen) atoms. The number of benzene rings is 2. The van der Waals surface area contributed by atoms with Crippen LogP contribution in [0.2, 0.25) is 20.1 Å². The number of hydrogen-bond donors (Lipinski definition) is 1. The summed E-state index contributed by atoms with van der Waals surface area (Å²) < 4.78 is 25.9. The number of amides is 2. The summed E-state index contributed by atoms with van der Waals surface area (Å²) in [7, 11) is -2.52. The third-order valence-electron chi connectivity index (χ3n) is 4.65. The Hall–Kier alpha value is -1.71. The number of likely N-dealkylation sites (N-methyl/N-ethyl adjacent to an activating group) is 1. The highest BCUT2D eigenvalue weighted by Crippen LogP contribution is 2.35. The van der Waals surface area contributed by atoms with Crippen LogP contribution >= 0.6 is 46.4 Å². The first-order chi connectivity index (χ1) is 14.9. The molecule has 0 aliphatic rings. The molecule has 0 saturated carbocycles. The predicted octanol–water partition coefficient (Wildman–Crippen LogP) is 4.23. The normalized spacial score (nSPS) is 12.2. The van der Waals surface area contributed by atoms with E-state index in [1.165, 1.54) is 31.0 Å². The van der Waals surface area contributed by atoms with Crippen LogP contribution in [0.5, 0.6) is 0 Å². The summed E-state index contributed by atoms with van der Waals surface area (Å²) in [5, 5.41) is 3.09. The molecule has 0 radical (unpaired) electrons. The fourth-order valence-corrected chi connectivity index (χ4v) is 4.64. The summed E-state index contributed by atoms with van der Waals surface area (Å²) in [6.07, 6.45) is 0.930. The predicted molar refractivity (Wildman–Crippen MR) is 129 cm³/mol. The number of nitrogens with zero attached hydrogens (tertiary/aromatic N) is 2. The van der Waals surface area contributed by atoms with Crippen molar-refractivity contribution in [1.82, 2.24) is 10.2 Å². The van der Waals surface area contributed by atoms with Gasteiger partial charge >= 0.3 is 0 Å². The van der Waals surface area contributed by atoms with Crippen LogP contribution in [0.25, 0.3) is 0 Å². The Morgan fingerprint density at radius 1 is 1.00 bits per heavy atom. The highest BCUT2D eigenvalue weighted by molar-refractivity contribution is 7.92. The van der Waals surface area contributed by atoms with Gasteiger partial charge in [0, 0.05) is 18.6 Å². The molecule has 0 unspecified atom stereocenters. The molecule has 1 atom stereocenters. The van der Waals surface area contributed by atoms with E-state index < -0.39 is 34.4 Å². The van der Waals surface area contributed by atoms with E-state index in [0.29, 0.717) is 10.6 Å². The van der Waals surface area contributed by atoms with Gasteiger partial charge in [-0.25, -0.2) is 8.42 Å². The SMILES string of the molecule is CNC(=O)[C@@H](C)N(Cc1ccccc1Cl)C(=O)CN(c1cc(Cl)c(Cl)cc1Cl)S(C)(=O)=O. The second kappa shape index (κ2) is 10.9. The van der Waals surface area contributed by atoms with Crippen molar-refractivity contribution in [1.29, 1.82) is 0 Å². The minimum Gasteiger partial charge on any atom is -0.357 e. The minimum absolute atomic E-state index is 0.00497. The molecule has 2 aromatic carbocycles. The Labute approximate surface area is 207 Å². The molecule has 0 saturated heterocycles. The van der Waals surface area contributed by atoms with Crippen LogP contribution in [0.4, 0.5) is 5.69 Å². The van der Waals surface area contributed by atoms with Crippen LogP contribution in [-0.2, 0) is 26.2 Å². The lowest BCUT2D eigenvalue weighted by Crippen LogP contribution is -2.50. The zero-order chi connectivity index (χ0) is 24.2. The highest BCUT2D eigenvalue weighted by atomic mass is 35.5. The summed E-state index contributed by atoms with van der Waals surface area (Å²) in [5.74, 6) is -1.07. The van der Waals surface area contributed by atoms with E-state index in [2.05, 4.69) is 5.32 Å². The zero-order valence-corrected chi connectivity index (χ0v) is 21.2. The van der Waals surface area contributed by atoms with Gasteiger partial charge in [-0.2, -0.15) is 0 Å². The van der Waals surface area contributed by atoms with Crippen molar-refractivity contribution in [2.45, 2.75) is 19.5 Å². The third kappa shape index (κ3) is 6.42. The number of nitrogens with one attached hydrogen (secondary N) is 1. The molecule has 0 bridgehead atoms. The molecule has 0 aliphatic carbocycles. The Balaban J connectivity index is 2.47. The average Bonchev–Trinajstić information content (AvgIpc) is 2.72. The number of halogens is 4. The molecule has 0 heterocycles. The summed E-state index contributed by atoms with van der Waals surface area (Å²) in [6.45, 7) is 0.895. The number of sulfonamides is 1. The van der Waals surface area contributed by atoms with Gasteiger partial charge in [-0.1, -0.05) is 64.6 Å². The van der Waals surface area contributed by atoms with Crippen molar-refractivity contribution in [3.05, 3.63) is 62.1 Å². The van der Waals surface area contributed by atoms with E-state index >= 15 is 0 Å². The van der Waals surface area contributed by atoms with Gasteiger partial charge < -0.3 is 10.2 Å². The number of rotatable bonds is 8. The largest absolute Gasteiger partial charge is 0.357 e. The maximum absolute atomic E-state index is 13.3. The smallest absolute Gasteiger partial charge is 0.244 e. The second-order valence-corrected chi connectivity index (χ2v) is 10.4. The lowest BCUT2D eigenvalue weighted by molar-refractivity contribution is -0.139.